The summed E-state index contributed by atoms with van der Waals surface area (Å²) in [6.45, 7) is 4.52. The Morgan fingerprint density at radius 1 is 1.12 bits per heavy atom. The van der Waals surface area contributed by atoms with Gasteiger partial charge in [-0.1, -0.05) is 35.0 Å². The van der Waals surface area contributed by atoms with Gasteiger partial charge in [0.2, 0.25) is 0 Å². The molecule has 6 heteroatoms. The van der Waals surface area contributed by atoms with Gasteiger partial charge in [-0.15, -0.1) is 0 Å². The molecule has 0 saturated heterocycles. The predicted octanol–water partition coefficient (Wildman–Crippen LogP) is 3.55. The zero-order chi connectivity index (χ0) is 16.9. The third-order valence-electron chi connectivity index (χ3n) is 3.48. The van der Waals surface area contributed by atoms with Crippen molar-refractivity contribution in [2.45, 2.75) is 20.4 Å². The fraction of sp³-hybridized carbons (Fsp3) is 0.167. The Kier molecular flexibility index (Phi) is 4.56. The number of rotatable bonds is 5. The molecule has 1 aromatic carbocycles. The molecule has 0 saturated carbocycles. The van der Waals surface area contributed by atoms with Crippen LogP contribution in [0.25, 0.3) is 0 Å². The van der Waals surface area contributed by atoms with Crippen LogP contribution in [0.5, 0.6) is 0 Å². The molecule has 0 unspecified atom stereocenters. The number of nitrogens with zero attached hydrogens (tertiary/aromatic N) is 2. The van der Waals surface area contributed by atoms with Crippen molar-refractivity contribution in [3.05, 3.63) is 71.2 Å². The average molecular weight is 322 g/mol. The standard InChI is InChI=1S/C18H18N4O2/c1-12-3-5-14(6-4-12)10-19-15-7-8-16(20-11-15)18(23)21-17-9-13(2)24-22-17/h3-9,11,19H,10H2,1-2H3,(H,21,22,23). The Labute approximate surface area is 139 Å². The third kappa shape index (κ3) is 3.98. The quantitative estimate of drug-likeness (QED) is 0.751. The lowest BCUT2D eigenvalue weighted by Gasteiger charge is -2.07. The lowest BCUT2D eigenvalue weighted by molar-refractivity contribution is 0.102. The van der Waals surface area contributed by atoms with Crippen LogP contribution >= 0.6 is 0 Å². The molecule has 2 aromatic heterocycles. The van der Waals surface area contributed by atoms with Crippen molar-refractivity contribution in [2.75, 3.05) is 10.6 Å². The Morgan fingerprint density at radius 3 is 2.54 bits per heavy atom. The summed E-state index contributed by atoms with van der Waals surface area (Å²) in [4.78, 5) is 16.2. The lowest BCUT2D eigenvalue weighted by atomic mass is 10.1. The van der Waals surface area contributed by atoms with Crippen LogP contribution in [0.1, 0.15) is 27.4 Å². The molecule has 0 aliphatic heterocycles. The molecule has 122 valence electrons. The van der Waals surface area contributed by atoms with Crippen LogP contribution in [0.2, 0.25) is 0 Å². The Bertz CT molecular complexity index is 823. The number of pyridine rings is 1. The fourth-order valence-electron chi connectivity index (χ4n) is 2.15. The molecule has 2 heterocycles. The molecular weight excluding hydrogens is 304 g/mol. The molecule has 0 atom stereocenters. The summed E-state index contributed by atoms with van der Waals surface area (Å²) in [5.41, 5.74) is 3.59. The lowest BCUT2D eigenvalue weighted by Crippen LogP contribution is -2.14. The first-order valence-electron chi connectivity index (χ1n) is 7.60. The number of nitrogens with one attached hydrogen (secondary N) is 2. The molecule has 6 nitrogen and oxygen atoms in total. The van der Waals surface area contributed by atoms with Crippen molar-refractivity contribution in [1.29, 1.82) is 0 Å². The highest BCUT2D eigenvalue weighted by atomic mass is 16.5. The van der Waals surface area contributed by atoms with Gasteiger partial charge in [0.1, 0.15) is 11.5 Å². The van der Waals surface area contributed by atoms with Gasteiger partial charge < -0.3 is 15.2 Å². The van der Waals surface area contributed by atoms with Gasteiger partial charge >= 0.3 is 0 Å². The largest absolute Gasteiger partial charge is 0.380 e. The van der Waals surface area contributed by atoms with Gasteiger partial charge in [-0.3, -0.25) is 4.79 Å². The molecule has 0 bridgehead atoms. The SMILES string of the molecule is Cc1ccc(CNc2ccc(C(=O)Nc3cc(C)on3)nc2)cc1. The second-order valence-electron chi connectivity index (χ2n) is 5.55. The van der Waals surface area contributed by atoms with Crippen LogP contribution in [0.3, 0.4) is 0 Å². The van der Waals surface area contributed by atoms with Gasteiger partial charge in [0.25, 0.3) is 5.91 Å². The van der Waals surface area contributed by atoms with E-state index in [0.29, 0.717) is 23.8 Å². The summed E-state index contributed by atoms with van der Waals surface area (Å²) in [5.74, 6) is 0.683. The first kappa shape index (κ1) is 15.7. The van der Waals surface area contributed by atoms with E-state index in [0.717, 1.165) is 5.69 Å². The first-order chi connectivity index (χ1) is 11.6. The van der Waals surface area contributed by atoms with Gasteiger partial charge in [-0.25, -0.2) is 4.98 Å². The number of hydrogen-bond acceptors (Lipinski definition) is 5. The summed E-state index contributed by atoms with van der Waals surface area (Å²) < 4.78 is 4.91. The summed E-state index contributed by atoms with van der Waals surface area (Å²) in [7, 11) is 0. The van der Waals surface area contributed by atoms with Crippen LogP contribution < -0.4 is 10.6 Å². The van der Waals surface area contributed by atoms with Crippen molar-refractivity contribution in [2.24, 2.45) is 0 Å². The van der Waals surface area contributed by atoms with Gasteiger partial charge in [0, 0.05) is 12.6 Å². The van der Waals surface area contributed by atoms with E-state index in [1.807, 2.05) is 6.07 Å². The van der Waals surface area contributed by atoms with Crippen molar-refractivity contribution >= 4 is 17.4 Å². The predicted molar refractivity (Wildman–Crippen MR) is 91.9 cm³/mol. The first-order valence-corrected chi connectivity index (χ1v) is 7.60. The van der Waals surface area contributed by atoms with Crippen LogP contribution in [-0.4, -0.2) is 16.0 Å². The summed E-state index contributed by atoms with van der Waals surface area (Å²) in [5, 5.41) is 9.63. The molecule has 3 aromatic rings. The Morgan fingerprint density at radius 2 is 1.92 bits per heavy atom. The fourth-order valence-corrected chi connectivity index (χ4v) is 2.15. The van der Waals surface area contributed by atoms with Gasteiger partial charge in [-0.2, -0.15) is 0 Å². The van der Waals surface area contributed by atoms with E-state index in [9.17, 15) is 4.79 Å². The number of hydrogen-bond donors (Lipinski definition) is 2. The third-order valence-corrected chi connectivity index (χ3v) is 3.48. The zero-order valence-electron chi connectivity index (χ0n) is 13.5. The smallest absolute Gasteiger partial charge is 0.275 e. The number of aromatic nitrogens is 2. The normalized spacial score (nSPS) is 10.4. The molecule has 2 N–H and O–H groups in total. The Hall–Kier alpha value is -3.15. The summed E-state index contributed by atoms with van der Waals surface area (Å²) in [6, 6.07) is 13.5. The number of carbonyl (C=O) groups excluding carboxylic acids is 1. The molecule has 0 spiro atoms. The monoisotopic (exact) mass is 322 g/mol. The maximum atomic E-state index is 12.1. The molecule has 3 rings (SSSR count). The van der Waals surface area contributed by atoms with Crippen LogP contribution in [-0.2, 0) is 6.54 Å². The van der Waals surface area contributed by atoms with Crippen LogP contribution in [0, 0.1) is 13.8 Å². The second-order valence-corrected chi connectivity index (χ2v) is 5.55. The Balaban J connectivity index is 1.58. The second kappa shape index (κ2) is 6.95. The highest BCUT2D eigenvalue weighted by molar-refractivity contribution is 6.02. The number of carbonyl (C=O) groups is 1. The van der Waals surface area contributed by atoms with E-state index in [1.165, 1.54) is 11.1 Å². The van der Waals surface area contributed by atoms with E-state index in [1.54, 1.807) is 25.3 Å². The summed E-state index contributed by atoms with van der Waals surface area (Å²) in [6.07, 6.45) is 1.64. The number of benzene rings is 1. The minimum absolute atomic E-state index is 0.316. The van der Waals surface area contributed by atoms with E-state index in [-0.39, 0.29) is 5.91 Å². The van der Waals surface area contributed by atoms with Crippen molar-refractivity contribution in [1.82, 2.24) is 10.1 Å². The van der Waals surface area contributed by atoms with E-state index < -0.39 is 0 Å². The maximum absolute atomic E-state index is 12.1. The highest BCUT2D eigenvalue weighted by Crippen LogP contribution is 2.12. The van der Waals surface area contributed by atoms with Crippen LogP contribution in [0.15, 0.2) is 53.2 Å². The average Bonchev–Trinajstić information content (AvgIpc) is 2.99. The van der Waals surface area contributed by atoms with Gasteiger partial charge in [0.05, 0.1) is 11.9 Å². The van der Waals surface area contributed by atoms with Gasteiger partial charge in [-0.05, 0) is 31.5 Å². The van der Waals surface area contributed by atoms with Crippen molar-refractivity contribution in [3.63, 3.8) is 0 Å². The molecule has 0 aliphatic carbocycles. The van der Waals surface area contributed by atoms with Crippen molar-refractivity contribution < 1.29 is 9.32 Å². The summed E-state index contributed by atoms with van der Waals surface area (Å²) >= 11 is 0. The zero-order valence-corrected chi connectivity index (χ0v) is 13.5. The van der Waals surface area contributed by atoms with E-state index in [2.05, 4.69) is 52.0 Å². The van der Waals surface area contributed by atoms with E-state index in [4.69, 9.17) is 4.52 Å². The number of anilines is 2. The number of amides is 1. The van der Waals surface area contributed by atoms with E-state index >= 15 is 0 Å². The topological polar surface area (TPSA) is 80.0 Å². The maximum Gasteiger partial charge on any atom is 0.275 e. The minimum atomic E-state index is -0.326. The molecule has 24 heavy (non-hydrogen) atoms. The molecular formula is C18H18N4O2. The molecule has 0 fully saturated rings. The van der Waals surface area contributed by atoms with Gasteiger partial charge in [0.15, 0.2) is 5.82 Å². The molecule has 0 radical (unpaired) electrons. The van der Waals surface area contributed by atoms with Crippen molar-refractivity contribution in [3.8, 4) is 0 Å². The minimum Gasteiger partial charge on any atom is -0.380 e. The highest BCUT2D eigenvalue weighted by Gasteiger charge is 2.10. The molecule has 1 amide bonds. The van der Waals surface area contributed by atoms with Crippen LogP contribution in [0.4, 0.5) is 11.5 Å². The number of aryl methyl sites for hydroxylation is 2. The molecule has 0 aliphatic rings.